The zero-order valence-corrected chi connectivity index (χ0v) is 15.3. The SMILES string of the molecule is Cc1ccc(S(=O)(=O)NC2C3CCC2Cc2cc(N)ccc2C3)s1. The van der Waals surface area contributed by atoms with Crippen LogP contribution in [0.15, 0.2) is 34.5 Å². The molecule has 2 aromatic rings. The highest BCUT2D eigenvalue weighted by Gasteiger charge is 2.41. The molecule has 0 amide bonds. The van der Waals surface area contributed by atoms with Crippen LogP contribution in [-0.4, -0.2) is 14.5 Å². The van der Waals surface area contributed by atoms with E-state index in [2.05, 4.69) is 16.9 Å². The minimum atomic E-state index is -3.43. The summed E-state index contributed by atoms with van der Waals surface area (Å²) in [6.45, 7) is 1.93. The van der Waals surface area contributed by atoms with Crippen LogP contribution < -0.4 is 10.5 Å². The molecule has 1 fully saturated rings. The lowest BCUT2D eigenvalue weighted by Gasteiger charge is -2.23. The van der Waals surface area contributed by atoms with Gasteiger partial charge in [-0.25, -0.2) is 13.1 Å². The average Bonchev–Trinajstić information content (AvgIpc) is 3.05. The van der Waals surface area contributed by atoms with Gasteiger partial charge in [-0.1, -0.05) is 6.07 Å². The van der Waals surface area contributed by atoms with E-state index < -0.39 is 10.0 Å². The van der Waals surface area contributed by atoms with Crippen LogP contribution >= 0.6 is 11.3 Å². The maximum absolute atomic E-state index is 12.8. The van der Waals surface area contributed by atoms with E-state index in [1.54, 1.807) is 6.07 Å². The maximum Gasteiger partial charge on any atom is 0.250 e. The fourth-order valence-corrected chi connectivity index (χ4v) is 6.89. The van der Waals surface area contributed by atoms with Gasteiger partial charge in [0.15, 0.2) is 0 Å². The number of benzene rings is 1. The summed E-state index contributed by atoms with van der Waals surface area (Å²) in [6.07, 6.45) is 4.01. The first-order chi connectivity index (χ1) is 11.4. The summed E-state index contributed by atoms with van der Waals surface area (Å²) in [7, 11) is -3.43. The largest absolute Gasteiger partial charge is 0.399 e. The van der Waals surface area contributed by atoms with Gasteiger partial charge in [0, 0.05) is 16.6 Å². The smallest absolute Gasteiger partial charge is 0.250 e. The maximum atomic E-state index is 12.8. The summed E-state index contributed by atoms with van der Waals surface area (Å²) in [5.74, 6) is 0.726. The van der Waals surface area contributed by atoms with Crippen LogP contribution in [0.1, 0.15) is 28.8 Å². The molecule has 24 heavy (non-hydrogen) atoms. The van der Waals surface area contributed by atoms with Crippen LogP contribution in [0.5, 0.6) is 0 Å². The molecule has 6 heteroatoms. The number of nitrogens with one attached hydrogen (secondary N) is 1. The van der Waals surface area contributed by atoms with Crippen molar-refractivity contribution in [2.75, 3.05) is 5.73 Å². The quantitative estimate of drug-likeness (QED) is 0.824. The molecule has 3 atom stereocenters. The number of nitrogens with two attached hydrogens (primary N) is 1. The van der Waals surface area contributed by atoms with Gasteiger partial charge in [-0.05, 0) is 79.8 Å². The minimum absolute atomic E-state index is 0.0195. The number of hydrogen-bond donors (Lipinski definition) is 2. The lowest BCUT2D eigenvalue weighted by atomic mass is 9.93. The second kappa shape index (κ2) is 5.86. The molecule has 1 aromatic carbocycles. The highest BCUT2D eigenvalue weighted by molar-refractivity contribution is 7.91. The van der Waals surface area contributed by atoms with E-state index in [0.717, 1.165) is 36.2 Å². The van der Waals surface area contributed by atoms with Crippen LogP contribution in [0.25, 0.3) is 0 Å². The van der Waals surface area contributed by atoms with Crippen molar-refractivity contribution in [2.24, 2.45) is 11.8 Å². The van der Waals surface area contributed by atoms with Gasteiger partial charge in [0.05, 0.1) is 0 Å². The first kappa shape index (κ1) is 16.1. The fourth-order valence-electron chi connectivity index (χ4n) is 4.22. The molecule has 4 rings (SSSR count). The molecule has 0 radical (unpaired) electrons. The molecule has 0 spiro atoms. The Morgan fingerprint density at radius 3 is 2.46 bits per heavy atom. The first-order valence-corrected chi connectivity index (χ1v) is 10.7. The zero-order chi connectivity index (χ0) is 16.9. The molecule has 1 heterocycles. The third kappa shape index (κ3) is 2.87. The predicted octanol–water partition coefficient (Wildman–Crippen LogP) is 3.11. The Morgan fingerprint density at radius 2 is 1.79 bits per heavy atom. The van der Waals surface area contributed by atoms with Gasteiger partial charge >= 0.3 is 0 Å². The van der Waals surface area contributed by atoms with Gasteiger partial charge in [0.1, 0.15) is 4.21 Å². The van der Waals surface area contributed by atoms with Crippen LogP contribution in [0.4, 0.5) is 5.69 Å². The third-order valence-corrected chi connectivity index (χ3v) is 8.34. The van der Waals surface area contributed by atoms with Crippen molar-refractivity contribution < 1.29 is 8.42 Å². The Kier molecular flexibility index (Phi) is 3.94. The fraction of sp³-hybridized carbons (Fsp3) is 0.444. The average molecular weight is 363 g/mol. The number of thiophene rings is 1. The van der Waals surface area contributed by atoms with Crippen molar-refractivity contribution in [1.29, 1.82) is 0 Å². The van der Waals surface area contributed by atoms with E-state index >= 15 is 0 Å². The molecule has 0 aliphatic heterocycles. The Hall–Kier alpha value is -1.37. The molecule has 4 nitrogen and oxygen atoms in total. The predicted molar refractivity (Wildman–Crippen MR) is 97.6 cm³/mol. The van der Waals surface area contributed by atoms with E-state index in [0.29, 0.717) is 16.0 Å². The number of fused-ring (bicyclic) bond motifs is 3. The number of nitrogen functional groups attached to an aromatic ring is 1. The number of anilines is 1. The van der Waals surface area contributed by atoms with Gasteiger partial charge in [-0.3, -0.25) is 0 Å². The van der Waals surface area contributed by atoms with E-state index in [9.17, 15) is 8.42 Å². The molecule has 2 bridgehead atoms. The molecule has 0 saturated heterocycles. The van der Waals surface area contributed by atoms with Crippen LogP contribution in [0.3, 0.4) is 0 Å². The Balaban J connectivity index is 1.61. The van der Waals surface area contributed by atoms with Crippen LogP contribution in [-0.2, 0) is 22.9 Å². The normalized spacial score (nSPS) is 26.1. The van der Waals surface area contributed by atoms with E-state index in [1.807, 2.05) is 19.1 Å². The van der Waals surface area contributed by atoms with Gasteiger partial charge in [-0.15, -0.1) is 11.3 Å². The lowest BCUT2D eigenvalue weighted by molar-refractivity contribution is 0.386. The molecule has 1 saturated carbocycles. The molecule has 128 valence electrons. The highest BCUT2D eigenvalue weighted by Crippen LogP contribution is 2.41. The van der Waals surface area contributed by atoms with E-state index in [-0.39, 0.29) is 6.04 Å². The van der Waals surface area contributed by atoms with Gasteiger partial charge in [0.25, 0.3) is 0 Å². The van der Waals surface area contributed by atoms with Gasteiger partial charge in [-0.2, -0.15) is 0 Å². The van der Waals surface area contributed by atoms with Crippen LogP contribution in [0, 0.1) is 18.8 Å². The van der Waals surface area contributed by atoms with Crippen molar-refractivity contribution in [1.82, 2.24) is 4.72 Å². The van der Waals surface area contributed by atoms with Crippen molar-refractivity contribution in [3.05, 3.63) is 46.3 Å². The van der Waals surface area contributed by atoms with Gasteiger partial charge < -0.3 is 5.73 Å². The summed E-state index contributed by atoms with van der Waals surface area (Å²) < 4.78 is 29.0. The Labute approximate surface area is 147 Å². The molecule has 3 unspecified atom stereocenters. The number of hydrogen-bond acceptors (Lipinski definition) is 4. The molecule has 3 N–H and O–H groups in total. The molecule has 1 aromatic heterocycles. The Bertz CT molecular complexity index is 873. The summed E-state index contributed by atoms with van der Waals surface area (Å²) in [6, 6.07) is 9.71. The number of sulfonamides is 1. The van der Waals surface area contributed by atoms with Crippen molar-refractivity contribution in [2.45, 2.75) is 42.9 Å². The zero-order valence-electron chi connectivity index (χ0n) is 13.7. The van der Waals surface area contributed by atoms with Gasteiger partial charge in [0.2, 0.25) is 10.0 Å². The van der Waals surface area contributed by atoms with Crippen molar-refractivity contribution >= 4 is 27.0 Å². The highest BCUT2D eigenvalue weighted by atomic mass is 32.2. The third-order valence-electron chi connectivity index (χ3n) is 5.39. The standard InChI is InChI=1S/C18H22N2O2S2/c1-11-2-7-17(23-11)24(21,22)20-18-13-3-4-14(18)9-15-10-16(19)6-5-12(15)8-13/h2,5-7,10,13-14,18,20H,3-4,8-9,19H2,1H3. The summed E-state index contributed by atoms with van der Waals surface area (Å²) in [5, 5.41) is 0. The monoisotopic (exact) mass is 362 g/mol. The van der Waals surface area contributed by atoms with E-state index in [1.165, 1.54) is 22.5 Å². The summed E-state index contributed by atoms with van der Waals surface area (Å²) in [4.78, 5) is 1.02. The Morgan fingerprint density at radius 1 is 1.08 bits per heavy atom. The number of aryl methyl sites for hydroxylation is 1. The van der Waals surface area contributed by atoms with E-state index in [4.69, 9.17) is 5.73 Å². The molecule has 2 aliphatic carbocycles. The van der Waals surface area contributed by atoms with Crippen LogP contribution in [0.2, 0.25) is 0 Å². The summed E-state index contributed by atoms with van der Waals surface area (Å²) >= 11 is 1.33. The second-order valence-corrected chi connectivity index (χ2v) is 10.3. The molecular weight excluding hydrogens is 340 g/mol. The second-order valence-electron chi connectivity index (χ2n) is 7.05. The lowest BCUT2D eigenvalue weighted by Crippen LogP contribution is -2.41. The summed E-state index contributed by atoms with van der Waals surface area (Å²) in [5.41, 5.74) is 9.34. The van der Waals surface area contributed by atoms with Crippen molar-refractivity contribution in [3.63, 3.8) is 0 Å². The minimum Gasteiger partial charge on any atom is -0.399 e. The number of rotatable bonds is 3. The topological polar surface area (TPSA) is 72.2 Å². The first-order valence-electron chi connectivity index (χ1n) is 8.38. The van der Waals surface area contributed by atoms with Crippen molar-refractivity contribution in [3.8, 4) is 0 Å². The molecule has 2 aliphatic rings. The molecular formula is C18H22N2O2S2.